The van der Waals surface area contributed by atoms with E-state index in [4.69, 9.17) is 12.2 Å². The molecule has 1 rings (SSSR count). The fraction of sp³-hybridized carbons (Fsp3) is 0.308. The van der Waals surface area contributed by atoms with Crippen LogP contribution in [0.4, 0.5) is 0 Å². The van der Waals surface area contributed by atoms with Crippen molar-refractivity contribution in [3.05, 3.63) is 35.9 Å². The number of likely N-dealkylation sites (N-methyl/N-ethyl adjacent to an activating group) is 1. The van der Waals surface area contributed by atoms with Crippen molar-refractivity contribution >= 4 is 5.91 Å². The van der Waals surface area contributed by atoms with Crippen LogP contribution in [-0.2, 0) is 4.79 Å². The first-order valence-electron chi connectivity index (χ1n) is 5.14. The maximum absolute atomic E-state index is 12.0. The maximum atomic E-state index is 12.0. The van der Waals surface area contributed by atoms with Gasteiger partial charge in [-0.05, 0) is 5.56 Å². The molecule has 0 aliphatic rings. The van der Waals surface area contributed by atoms with E-state index in [1.807, 2.05) is 30.3 Å². The Hall–Kier alpha value is -1.79. The third-order valence-corrected chi connectivity index (χ3v) is 2.44. The molecular weight excluding hydrogens is 200 g/mol. The van der Waals surface area contributed by atoms with Gasteiger partial charge in [-0.2, -0.15) is 0 Å². The maximum Gasteiger partial charge on any atom is 0.231 e. The van der Waals surface area contributed by atoms with E-state index < -0.39 is 0 Å². The minimum Gasteiger partial charge on any atom is -0.334 e. The molecule has 0 bridgehead atoms. The van der Waals surface area contributed by atoms with Crippen LogP contribution in [-0.4, -0.2) is 30.9 Å². The average molecular weight is 216 g/mol. The van der Waals surface area contributed by atoms with Gasteiger partial charge in [-0.25, -0.2) is 0 Å². The number of terminal acetylenes is 1. The zero-order chi connectivity index (χ0) is 12.0. The summed E-state index contributed by atoms with van der Waals surface area (Å²) < 4.78 is 0. The van der Waals surface area contributed by atoms with Crippen LogP contribution in [0.15, 0.2) is 30.3 Å². The van der Waals surface area contributed by atoms with Crippen LogP contribution in [0.1, 0.15) is 11.5 Å². The molecule has 0 heterocycles. The summed E-state index contributed by atoms with van der Waals surface area (Å²) in [6, 6.07) is 9.50. The first-order valence-corrected chi connectivity index (χ1v) is 5.14. The van der Waals surface area contributed by atoms with E-state index in [1.54, 1.807) is 7.05 Å². The summed E-state index contributed by atoms with van der Waals surface area (Å²) in [5, 5.41) is 0. The molecule has 2 N–H and O–H groups in total. The molecule has 0 aromatic heterocycles. The molecule has 84 valence electrons. The number of carbonyl (C=O) groups is 1. The van der Waals surface area contributed by atoms with Gasteiger partial charge in [0.05, 0.1) is 12.5 Å². The Balaban J connectivity index is 2.84. The third-order valence-electron chi connectivity index (χ3n) is 2.44. The fourth-order valence-electron chi connectivity index (χ4n) is 1.55. The van der Waals surface area contributed by atoms with E-state index >= 15 is 0 Å². The number of benzene rings is 1. The molecule has 1 aromatic carbocycles. The Bertz CT molecular complexity index is 381. The highest BCUT2D eigenvalue weighted by molar-refractivity contribution is 5.84. The molecule has 1 atom stereocenters. The molecule has 1 amide bonds. The van der Waals surface area contributed by atoms with Gasteiger partial charge in [0.25, 0.3) is 0 Å². The summed E-state index contributed by atoms with van der Waals surface area (Å²) in [7, 11) is 1.69. The lowest BCUT2D eigenvalue weighted by Gasteiger charge is -2.21. The van der Waals surface area contributed by atoms with Gasteiger partial charge in [0.1, 0.15) is 0 Å². The molecule has 0 fully saturated rings. The van der Waals surface area contributed by atoms with Gasteiger partial charge in [0, 0.05) is 13.6 Å². The highest BCUT2D eigenvalue weighted by Gasteiger charge is 2.21. The molecule has 0 radical (unpaired) electrons. The summed E-state index contributed by atoms with van der Waals surface area (Å²) in [6.45, 7) is 0.597. The quantitative estimate of drug-likeness (QED) is 0.757. The van der Waals surface area contributed by atoms with Crippen LogP contribution in [0.25, 0.3) is 0 Å². The first-order chi connectivity index (χ1) is 7.70. The van der Waals surface area contributed by atoms with Crippen LogP contribution < -0.4 is 5.73 Å². The van der Waals surface area contributed by atoms with E-state index in [0.29, 0.717) is 6.54 Å². The van der Waals surface area contributed by atoms with Crippen LogP contribution in [0.3, 0.4) is 0 Å². The normalized spacial score (nSPS) is 11.6. The van der Waals surface area contributed by atoms with Crippen molar-refractivity contribution in [3.8, 4) is 12.3 Å². The van der Waals surface area contributed by atoms with Crippen molar-refractivity contribution < 1.29 is 4.79 Å². The lowest BCUT2D eigenvalue weighted by Crippen LogP contribution is -2.35. The fourth-order valence-corrected chi connectivity index (χ4v) is 1.55. The number of nitrogens with zero attached hydrogens (tertiary/aromatic N) is 1. The number of hydrogen-bond acceptors (Lipinski definition) is 2. The van der Waals surface area contributed by atoms with E-state index in [1.165, 1.54) is 4.90 Å². The summed E-state index contributed by atoms with van der Waals surface area (Å²) in [5.74, 6) is 2.10. The van der Waals surface area contributed by atoms with Gasteiger partial charge in [-0.1, -0.05) is 36.3 Å². The number of nitrogens with two attached hydrogens (primary N) is 1. The van der Waals surface area contributed by atoms with E-state index in [-0.39, 0.29) is 18.4 Å². The number of amides is 1. The Morgan fingerprint density at radius 3 is 2.62 bits per heavy atom. The van der Waals surface area contributed by atoms with E-state index in [9.17, 15) is 4.79 Å². The average Bonchev–Trinajstić information content (AvgIpc) is 2.31. The van der Waals surface area contributed by atoms with Gasteiger partial charge in [0.15, 0.2) is 0 Å². The van der Waals surface area contributed by atoms with Crippen LogP contribution in [0.5, 0.6) is 0 Å². The molecule has 1 aromatic rings. The van der Waals surface area contributed by atoms with Crippen LogP contribution >= 0.6 is 0 Å². The minimum atomic E-state index is -0.306. The second-order valence-electron chi connectivity index (χ2n) is 3.60. The highest BCUT2D eigenvalue weighted by atomic mass is 16.2. The minimum absolute atomic E-state index is 0.0355. The molecule has 0 saturated heterocycles. The van der Waals surface area contributed by atoms with Gasteiger partial charge >= 0.3 is 0 Å². The molecule has 0 aliphatic heterocycles. The Morgan fingerprint density at radius 1 is 1.50 bits per heavy atom. The number of rotatable bonds is 4. The molecule has 0 saturated carbocycles. The number of hydrogen-bond donors (Lipinski definition) is 1. The third kappa shape index (κ3) is 2.85. The van der Waals surface area contributed by atoms with Crippen molar-refractivity contribution in [2.24, 2.45) is 5.73 Å². The van der Waals surface area contributed by atoms with Crippen molar-refractivity contribution in [2.75, 3.05) is 20.1 Å². The van der Waals surface area contributed by atoms with E-state index in [0.717, 1.165) is 5.56 Å². The SMILES string of the molecule is C#CCN(C)C(=O)C(CN)c1ccccc1. The van der Waals surface area contributed by atoms with Gasteiger partial charge < -0.3 is 10.6 Å². The first kappa shape index (κ1) is 12.3. The summed E-state index contributed by atoms with van der Waals surface area (Å²) in [4.78, 5) is 13.5. The molecule has 0 spiro atoms. The standard InChI is InChI=1S/C13H16N2O/c1-3-9-15(2)13(16)12(10-14)11-7-5-4-6-8-11/h1,4-8,12H,9-10,14H2,2H3. The topological polar surface area (TPSA) is 46.3 Å². The number of carbonyl (C=O) groups excluding carboxylic acids is 1. The molecule has 16 heavy (non-hydrogen) atoms. The molecule has 3 heteroatoms. The second-order valence-corrected chi connectivity index (χ2v) is 3.60. The molecule has 3 nitrogen and oxygen atoms in total. The van der Waals surface area contributed by atoms with Crippen molar-refractivity contribution in [2.45, 2.75) is 5.92 Å². The highest BCUT2D eigenvalue weighted by Crippen LogP contribution is 2.16. The van der Waals surface area contributed by atoms with Gasteiger partial charge in [-0.3, -0.25) is 4.79 Å². The molecule has 1 unspecified atom stereocenters. The van der Waals surface area contributed by atoms with Gasteiger partial charge in [-0.15, -0.1) is 6.42 Å². The monoisotopic (exact) mass is 216 g/mol. The largest absolute Gasteiger partial charge is 0.334 e. The molecular formula is C13H16N2O. The Kier molecular flexibility index (Phi) is 4.56. The van der Waals surface area contributed by atoms with Crippen molar-refractivity contribution in [1.82, 2.24) is 4.90 Å². The zero-order valence-electron chi connectivity index (χ0n) is 9.39. The summed E-state index contributed by atoms with van der Waals surface area (Å²) >= 11 is 0. The zero-order valence-corrected chi connectivity index (χ0v) is 9.39. The van der Waals surface area contributed by atoms with Crippen LogP contribution in [0, 0.1) is 12.3 Å². The molecule has 0 aliphatic carbocycles. The Morgan fingerprint density at radius 2 is 2.12 bits per heavy atom. The summed E-state index contributed by atoms with van der Waals surface area (Å²) in [5.41, 5.74) is 6.57. The van der Waals surface area contributed by atoms with E-state index in [2.05, 4.69) is 5.92 Å². The van der Waals surface area contributed by atoms with Crippen LogP contribution in [0.2, 0.25) is 0 Å². The predicted octanol–water partition coefficient (Wildman–Crippen LogP) is 0.820. The summed E-state index contributed by atoms with van der Waals surface area (Å²) in [6.07, 6.45) is 5.17. The van der Waals surface area contributed by atoms with Crippen molar-refractivity contribution in [1.29, 1.82) is 0 Å². The predicted molar refractivity (Wildman–Crippen MR) is 64.7 cm³/mol. The van der Waals surface area contributed by atoms with Gasteiger partial charge in [0.2, 0.25) is 5.91 Å². The Labute approximate surface area is 96.2 Å². The smallest absolute Gasteiger partial charge is 0.231 e. The van der Waals surface area contributed by atoms with Crippen molar-refractivity contribution in [3.63, 3.8) is 0 Å². The lowest BCUT2D eigenvalue weighted by molar-refractivity contribution is -0.130. The lowest BCUT2D eigenvalue weighted by atomic mass is 9.98. The second kappa shape index (κ2) is 5.94.